The van der Waals surface area contributed by atoms with E-state index in [1.807, 2.05) is 18.2 Å². The second-order valence-corrected chi connectivity index (χ2v) is 7.00. The number of fused-ring (bicyclic) bond motifs is 1. The minimum Gasteiger partial charge on any atom is -0.380 e. The normalized spacial score (nSPS) is 16.8. The number of aliphatic hydroxyl groups excluding tert-OH is 1. The Bertz CT molecular complexity index is 971. The van der Waals surface area contributed by atoms with Crippen molar-refractivity contribution < 1.29 is 5.11 Å². The van der Waals surface area contributed by atoms with Gasteiger partial charge in [-0.15, -0.1) is 5.10 Å². The first-order valence-electron chi connectivity index (χ1n) is 9.29. The Kier molecular flexibility index (Phi) is 4.55. The summed E-state index contributed by atoms with van der Waals surface area (Å²) >= 11 is 0. The number of H-pyrrole nitrogens is 1. The Morgan fingerprint density at radius 2 is 2.08 bits per heavy atom. The molecule has 2 aromatic heterocycles. The van der Waals surface area contributed by atoms with Crippen LogP contribution in [0.2, 0.25) is 0 Å². The summed E-state index contributed by atoms with van der Waals surface area (Å²) < 4.78 is 1.70. The Balaban J connectivity index is 1.74. The van der Waals surface area contributed by atoms with Crippen LogP contribution in [0.5, 0.6) is 0 Å². The molecule has 2 heterocycles. The van der Waals surface area contributed by atoms with Gasteiger partial charge in [0.15, 0.2) is 5.82 Å². The van der Waals surface area contributed by atoms with Crippen molar-refractivity contribution in [3.05, 3.63) is 51.6 Å². The van der Waals surface area contributed by atoms with Crippen LogP contribution in [-0.4, -0.2) is 30.3 Å². The molecule has 1 aliphatic rings. The third kappa shape index (κ3) is 3.03. The highest BCUT2D eigenvalue weighted by Gasteiger charge is 2.26. The molecule has 7 nitrogen and oxygen atoms in total. The van der Waals surface area contributed by atoms with E-state index in [0.717, 1.165) is 43.0 Å². The Morgan fingerprint density at radius 1 is 1.27 bits per heavy atom. The van der Waals surface area contributed by atoms with Gasteiger partial charge in [-0.2, -0.15) is 0 Å². The molecule has 1 aliphatic carbocycles. The fourth-order valence-electron chi connectivity index (χ4n) is 3.80. The van der Waals surface area contributed by atoms with Crippen LogP contribution in [0.3, 0.4) is 0 Å². The molecule has 0 radical (unpaired) electrons. The molecule has 7 heteroatoms. The Hall–Kier alpha value is -2.54. The van der Waals surface area contributed by atoms with Crippen molar-refractivity contribution in [3.8, 4) is 0 Å². The van der Waals surface area contributed by atoms with Crippen molar-refractivity contribution in [1.82, 2.24) is 25.2 Å². The maximum absolute atomic E-state index is 12.5. The maximum atomic E-state index is 12.5. The highest BCUT2D eigenvalue weighted by atomic mass is 16.3. The van der Waals surface area contributed by atoms with Gasteiger partial charge in [0, 0.05) is 5.52 Å². The average molecular weight is 353 g/mol. The molecule has 0 amide bonds. The number of rotatable bonds is 4. The number of nitrogens with one attached hydrogen (secondary N) is 1. The molecule has 0 aliphatic heterocycles. The summed E-state index contributed by atoms with van der Waals surface area (Å²) in [5.41, 5.74) is 1.90. The van der Waals surface area contributed by atoms with E-state index in [1.54, 1.807) is 10.7 Å². The first-order valence-corrected chi connectivity index (χ1v) is 9.29. The van der Waals surface area contributed by atoms with Crippen molar-refractivity contribution in [2.24, 2.45) is 0 Å². The van der Waals surface area contributed by atoms with Crippen LogP contribution in [-0.2, 0) is 6.42 Å². The van der Waals surface area contributed by atoms with Crippen LogP contribution in [0.15, 0.2) is 29.1 Å². The van der Waals surface area contributed by atoms with Crippen molar-refractivity contribution >= 4 is 10.9 Å². The van der Waals surface area contributed by atoms with E-state index >= 15 is 0 Å². The predicted octanol–water partition coefficient (Wildman–Crippen LogP) is 2.66. The fraction of sp³-hybridized carbons (Fsp3) is 0.474. The van der Waals surface area contributed by atoms with Gasteiger partial charge in [-0.1, -0.05) is 32.3 Å². The molecule has 136 valence electrons. The standard InChI is InChI=1S/C19H23N5O2/c1-2-12-8-9-16-13(10-12)11-15(19(26)20-16)17(25)18-21-22-23-24(18)14-6-4-3-5-7-14/h8-11,14,17,25H,2-7H2,1H3,(H,20,26). The Labute approximate surface area is 151 Å². The lowest BCUT2D eigenvalue weighted by Gasteiger charge is -2.23. The minimum atomic E-state index is -1.15. The molecular formula is C19H23N5O2. The molecule has 0 spiro atoms. The second-order valence-electron chi connectivity index (χ2n) is 7.00. The van der Waals surface area contributed by atoms with Crippen LogP contribution < -0.4 is 5.56 Å². The summed E-state index contributed by atoms with van der Waals surface area (Å²) in [7, 11) is 0. The number of hydrogen-bond acceptors (Lipinski definition) is 5. The van der Waals surface area contributed by atoms with Crippen LogP contribution in [0.1, 0.15) is 68.1 Å². The molecule has 0 saturated heterocycles. The van der Waals surface area contributed by atoms with Gasteiger partial charge in [0.1, 0.15) is 6.10 Å². The Morgan fingerprint density at radius 3 is 2.85 bits per heavy atom. The second kappa shape index (κ2) is 6.99. The topological polar surface area (TPSA) is 96.7 Å². The lowest BCUT2D eigenvalue weighted by molar-refractivity contribution is 0.190. The van der Waals surface area contributed by atoms with Gasteiger partial charge < -0.3 is 10.1 Å². The summed E-state index contributed by atoms with van der Waals surface area (Å²) in [5, 5.41) is 23.6. The summed E-state index contributed by atoms with van der Waals surface area (Å²) in [6.45, 7) is 2.08. The first-order chi connectivity index (χ1) is 12.7. The molecule has 1 fully saturated rings. The van der Waals surface area contributed by atoms with E-state index < -0.39 is 6.10 Å². The van der Waals surface area contributed by atoms with E-state index in [1.165, 1.54) is 12.0 Å². The molecular weight excluding hydrogens is 330 g/mol. The first kappa shape index (κ1) is 16.9. The zero-order valence-corrected chi connectivity index (χ0v) is 14.9. The van der Waals surface area contributed by atoms with E-state index in [0.29, 0.717) is 5.82 Å². The summed E-state index contributed by atoms with van der Waals surface area (Å²) in [4.78, 5) is 15.4. The van der Waals surface area contributed by atoms with Crippen LogP contribution in [0.4, 0.5) is 0 Å². The highest BCUT2D eigenvalue weighted by Crippen LogP contribution is 2.30. The van der Waals surface area contributed by atoms with Crippen LogP contribution >= 0.6 is 0 Å². The van der Waals surface area contributed by atoms with Gasteiger partial charge in [0.05, 0.1) is 11.6 Å². The molecule has 2 N–H and O–H groups in total. The number of nitrogens with zero attached hydrogens (tertiary/aromatic N) is 4. The molecule has 3 aromatic rings. The van der Waals surface area contributed by atoms with Crippen molar-refractivity contribution in [2.75, 3.05) is 0 Å². The third-order valence-electron chi connectivity index (χ3n) is 5.32. The quantitative estimate of drug-likeness (QED) is 0.752. The van der Waals surface area contributed by atoms with E-state index in [9.17, 15) is 9.90 Å². The zero-order valence-electron chi connectivity index (χ0n) is 14.9. The number of aromatic nitrogens is 5. The maximum Gasteiger partial charge on any atom is 0.254 e. The number of aromatic amines is 1. The average Bonchev–Trinajstić information content (AvgIpc) is 3.17. The summed E-state index contributed by atoms with van der Waals surface area (Å²) in [6, 6.07) is 7.87. The monoisotopic (exact) mass is 353 g/mol. The van der Waals surface area contributed by atoms with E-state index in [2.05, 4.69) is 27.4 Å². The van der Waals surface area contributed by atoms with E-state index in [4.69, 9.17) is 0 Å². The molecule has 1 atom stereocenters. The predicted molar refractivity (Wildman–Crippen MR) is 97.9 cm³/mol. The van der Waals surface area contributed by atoms with Gasteiger partial charge in [-0.3, -0.25) is 4.79 Å². The molecule has 26 heavy (non-hydrogen) atoms. The number of aryl methyl sites for hydroxylation is 1. The van der Waals surface area contributed by atoms with Gasteiger partial charge in [0.25, 0.3) is 5.56 Å². The number of tetrazole rings is 1. The smallest absolute Gasteiger partial charge is 0.254 e. The molecule has 1 aromatic carbocycles. The van der Waals surface area contributed by atoms with Crippen molar-refractivity contribution in [3.63, 3.8) is 0 Å². The summed E-state index contributed by atoms with van der Waals surface area (Å²) in [6.07, 6.45) is 5.25. The van der Waals surface area contributed by atoms with Gasteiger partial charge in [0.2, 0.25) is 0 Å². The molecule has 4 rings (SSSR count). The van der Waals surface area contributed by atoms with Crippen molar-refractivity contribution in [2.45, 2.75) is 57.6 Å². The van der Waals surface area contributed by atoms with Gasteiger partial charge in [-0.25, -0.2) is 4.68 Å². The number of benzene rings is 1. The molecule has 1 saturated carbocycles. The largest absolute Gasteiger partial charge is 0.380 e. The summed E-state index contributed by atoms with van der Waals surface area (Å²) in [5.74, 6) is 0.341. The van der Waals surface area contributed by atoms with Crippen LogP contribution in [0.25, 0.3) is 10.9 Å². The molecule has 1 unspecified atom stereocenters. The number of pyridine rings is 1. The SMILES string of the molecule is CCc1ccc2[nH]c(=O)c(C(O)c3nnnn3C3CCCCC3)cc2c1. The third-order valence-corrected chi connectivity index (χ3v) is 5.32. The van der Waals surface area contributed by atoms with Crippen LogP contribution in [0, 0.1) is 0 Å². The fourth-order valence-corrected chi connectivity index (χ4v) is 3.80. The van der Waals surface area contributed by atoms with Gasteiger partial charge in [-0.05, 0) is 58.8 Å². The highest BCUT2D eigenvalue weighted by molar-refractivity contribution is 5.79. The number of aliphatic hydroxyl groups is 1. The number of hydrogen-bond donors (Lipinski definition) is 2. The lowest BCUT2D eigenvalue weighted by Crippen LogP contribution is -2.23. The van der Waals surface area contributed by atoms with Gasteiger partial charge >= 0.3 is 0 Å². The molecule has 0 bridgehead atoms. The minimum absolute atomic E-state index is 0.189. The lowest BCUT2D eigenvalue weighted by atomic mass is 9.95. The van der Waals surface area contributed by atoms with E-state index in [-0.39, 0.29) is 17.2 Å². The zero-order chi connectivity index (χ0) is 18.1. The van der Waals surface area contributed by atoms with Crippen molar-refractivity contribution in [1.29, 1.82) is 0 Å².